The van der Waals surface area contributed by atoms with E-state index in [1.54, 1.807) is 24.3 Å². The minimum atomic E-state index is -1.98. The number of carbonyl (C=O) groups excluding carboxylic acids is 1. The third-order valence-electron chi connectivity index (χ3n) is 3.32. The molecule has 1 atom stereocenters. The maximum atomic E-state index is 15.1. The zero-order valence-electron chi connectivity index (χ0n) is 9.99. The Balaban J connectivity index is 1.99. The van der Waals surface area contributed by atoms with Crippen molar-refractivity contribution in [1.29, 1.82) is 0 Å². The molecular formula is C15H11BrFNO. The molecule has 1 N–H and O–H groups in total. The van der Waals surface area contributed by atoms with Gasteiger partial charge in [0.05, 0.1) is 0 Å². The van der Waals surface area contributed by atoms with Gasteiger partial charge in [0.15, 0.2) is 0 Å². The van der Waals surface area contributed by atoms with Gasteiger partial charge in [-0.2, -0.15) is 0 Å². The first-order valence-corrected chi connectivity index (χ1v) is 6.73. The van der Waals surface area contributed by atoms with E-state index in [1.807, 2.05) is 24.3 Å². The molecule has 1 heterocycles. The maximum absolute atomic E-state index is 15.1. The Morgan fingerprint density at radius 3 is 2.53 bits per heavy atom. The first-order valence-electron chi connectivity index (χ1n) is 5.94. The van der Waals surface area contributed by atoms with Crippen molar-refractivity contribution in [2.45, 2.75) is 12.1 Å². The molecule has 0 aliphatic carbocycles. The summed E-state index contributed by atoms with van der Waals surface area (Å²) in [7, 11) is 0. The van der Waals surface area contributed by atoms with Crippen molar-refractivity contribution in [2.24, 2.45) is 0 Å². The topological polar surface area (TPSA) is 29.1 Å². The Morgan fingerprint density at radius 1 is 1.11 bits per heavy atom. The van der Waals surface area contributed by atoms with Gasteiger partial charge < -0.3 is 5.32 Å². The summed E-state index contributed by atoms with van der Waals surface area (Å²) in [6.45, 7) is 0. The largest absolute Gasteiger partial charge is 0.323 e. The van der Waals surface area contributed by atoms with Crippen LogP contribution < -0.4 is 5.32 Å². The molecule has 19 heavy (non-hydrogen) atoms. The van der Waals surface area contributed by atoms with Gasteiger partial charge in [0.25, 0.3) is 5.91 Å². The van der Waals surface area contributed by atoms with Crippen molar-refractivity contribution in [3.8, 4) is 0 Å². The smallest absolute Gasteiger partial charge is 0.267 e. The third kappa shape index (κ3) is 2.06. The van der Waals surface area contributed by atoms with Crippen LogP contribution in [0.4, 0.5) is 10.1 Å². The Morgan fingerprint density at radius 2 is 1.79 bits per heavy atom. The van der Waals surface area contributed by atoms with Crippen LogP contribution in [0.5, 0.6) is 0 Å². The highest BCUT2D eigenvalue weighted by molar-refractivity contribution is 9.10. The molecule has 2 aromatic carbocycles. The number of nitrogens with one attached hydrogen (secondary N) is 1. The molecule has 0 aromatic heterocycles. The molecule has 1 aliphatic heterocycles. The van der Waals surface area contributed by atoms with Crippen LogP contribution >= 0.6 is 15.9 Å². The zero-order chi connectivity index (χ0) is 13.5. The summed E-state index contributed by atoms with van der Waals surface area (Å²) in [5.41, 5.74) is -0.211. The fourth-order valence-corrected chi connectivity index (χ4v) is 2.60. The Kier molecular flexibility index (Phi) is 2.90. The number of benzene rings is 2. The SMILES string of the molecule is O=C1Nc2ccccc2[C@@]1(F)Cc1ccc(Br)cc1. The van der Waals surface area contributed by atoms with E-state index in [0.717, 1.165) is 10.0 Å². The Hall–Kier alpha value is -1.68. The van der Waals surface area contributed by atoms with Crippen molar-refractivity contribution < 1.29 is 9.18 Å². The molecule has 0 unspecified atom stereocenters. The fraction of sp³-hybridized carbons (Fsp3) is 0.133. The van der Waals surface area contributed by atoms with Crippen LogP contribution in [-0.4, -0.2) is 5.91 Å². The standard InChI is InChI=1S/C15H11BrFNO/c16-11-7-5-10(6-8-11)9-15(17)12-3-1-2-4-13(12)18-14(15)19/h1-8H,9H2,(H,18,19)/t15-/m0/s1. The third-order valence-corrected chi connectivity index (χ3v) is 3.85. The number of para-hydroxylation sites is 1. The van der Waals surface area contributed by atoms with Gasteiger partial charge in [-0.25, -0.2) is 4.39 Å². The van der Waals surface area contributed by atoms with Gasteiger partial charge in [0.1, 0.15) is 0 Å². The highest BCUT2D eigenvalue weighted by Crippen LogP contribution is 2.41. The van der Waals surface area contributed by atoms with Crippen molar-refractivity contribution in [3.05, 3.63) is 64.1 Å². The molecule has 0 fully saturated rings. The van der Waals surface area contributed by atoms with Gasteiger partial charge >= 0.3 is 0 Å². The van der Waals surface area contributed by atoms with Gasteiger partial charge in [-0.15, -0.1) is 0 Å². The average molecular weight is 320 g/mol. The van der Waals surface area contributed by atoms with Crippen LogP contribution in [0.2, 0.25) is 0 Å². The lowest BCUT2D eigenvalue weighted by molar-refractivity contribution is -0.126. The molecule has 0 saturated carbocycles. The molecule has 0 radical (unpaired) electrons. The second-order valence-corrected chi connectivity index (χ2v) is 5.52. The lowest BCUT2D eigenvalue weighted by Gasteiger charge is -2.17. The summed E-state index contributed by atoms with van der Waals surface area (Å²) in [6.07, 6.45) is 0.0448. The van der Waals surface area contributed by atoms with Crippen molar-refractivity contribution in [3.63, 3.8) is 0 Å². The van der Waals surface area contributed by atoms with E-state index in [4.69, 9.17) is 0 Å². The number of anilines is 1. The molecule has 2 aromatic rings. The lowest BCUT2D eigenvalue weighted by atomic mass is 9.90. The number of hydrogen-bond acceptors (Lipinski definition) is 1. The van der Waals surface area contributed by atoms with E-state index in [2.05, 4.69) is 21.2 Å². The summed E-state index contributed by atoms with van der Waals surface area (Å²) in [5.74, 6) is -0.586. The van der Waals surface area contributed by atoms with E-state index in [-0.39, 0.29) is 6.42 Å². The van der Waals surface area contributed by atoms with Crippen LogP contribution in [0.25, 0.3) is 0 Å². The zero-order valence-corrected chi connectivity index (χ0v) is 11.6. The minimum absolute atomic E-state index is 0.0448. The number of fused-ring (bicyclic) bond motifs is 1. The maximum Gasteiger partial charge on any atom is 0.267 e. The van der Waals surface area contributed by atoms with Crippen LogP contribution in [0.15, 0.2) is 53.0 Å². The first kappa shape index (κ1) is 12.4. The van der Waals surface area contributed by atoms with Crippen molar-refractivity contribution >= 4 is 27.5 Å². The van der Waals surface area contributed by atoms with Gasteiger partial charge in [0, 0.05) is 22.1 Å². The lowest BCUT2D eigenvalue weighted by Crippen LogP contribution is -2.31. The molecule has 2 nitrogen and oxygen atoms in total. The van der Waals surface area contributed by atoms with Crippen LogP contribution in [0, 0.1) is 0 Å². The van der Waals surface area contributed by atoms with Gasteiger partial charge in [-0.1, -0.05) is 46.3 Å². The van der Waals surface area contributed by atoms with Crippen LogP contribution in [0.1, 0.15) is 11.1 Å². The molecule has 1 amide bonds. The fourth-order valence-electron chi connectivity index (χ4n) is 2.34. The predicted octanol–water partition coefficient (Wildman–Crippen LogP) is 3.81. The molecule has 0 saturated heterocycles. The Labute approximate surface area is 118 Å². The normalized spacial score (nSPS) is 21.1. The quantitative estimate of drug-likeness (QED) is 0.896. The second kappa shape index (κ2) is 4.46. The van der Waals surface area contributed by atoms with E-state index < -0.39 is 11.6 Å². The van der Waals surface area contributed by atoms with Gasteiger partial charge in [0.2, 0.25) is 5.67 Å². The number of amides is 1. The molecule has 4 heteroatoms. The number of alkyl halides is 1. The molecule has 0 spiro atoms. The average Bonchev–Trinajstić information content (AvgIpc) is 2.65. The summed E-state index contributed by atoms with van der Waals surface area (Å²) >= 11 is 3.34. The van der Waals surface area contributed by atoms with E-state index in [1.165, 1.54) is 0 Å². The van der Waals surface area contributed by atoms with E-state index >= 15 is 4.39 Å². The number of hydrogen-bond donors (Lipinski definition) is 1. The van der Waals surface area contributed by atoms with Crippen molar-refractivity contribution in [1.82, 2.24) is 0 Å². The predicted molar refractivity (Wildman–Crippen MR) is 75.7 cm³/mol. The molecule has 0 bridgehead atoms. The molecule has 96 valence electrons. The van der Waals surface area contributed by atoms with Crippen LogP contribution in [0.3, 0.4) is 0 Å². The monoisotopic (exact) mass is 319 g/mol. The van der Waals surface area contributed by atoms with Crippen molar-refractivity contribution in [2.75, 3.05) is 5.32 Å². The highest BCUT2D eigenvalue weighted by atomic mass is 79.9. The summed E-state index contributed by atoms with van der Waals surface area (Å²) in [6, 6.07) is 14.2. The minimum Gasteiger partial charge on any atom is -0.323 e. The second-order valence-electron chi connectivity index (χ2n) is 4.60. The molecule has 3 rings (SSSR count). The highest BCUT2D eigenvalue weighted by Gasteiger charge is 2.47. The summed E-state index contributed by atoms with van der Waals surface area (Å²) in [4.78, 5) is 11.9. The van der Waals surface area contributed by atoms with Crippen LogP contribution in [-0.2, 0) is 16.9 Å². The summed E-state index contributed by atoms with van der Waals surface area (Å²) in [5, 5.41) is 2.60. The Bertz CT molecular complexity index is 641. The number of carbonyl (C=O) groups is 1. The molecule has 1 aliphatic rings. The summed E-state index contributed by atoms with van der Waals surface area (Å²) < 4.78 is 16.0. The number of rotatable bonds is 2. The van der Waals surface area contributed by atoms with E-state index in [9.17, 15) is 4.79 Å². The first-order chi connectivity index (χ1) is 9.09. The van der Waals surface area contributed by atoms with E-state index in [0.29, 0.717) is 11.3 Å². The van der Waals surface area contributed by atoms with Gasteiger partial charge in [-0.3, -0.25) is 4.79 Å². The van der Waals surface area contributed by atoms with Gasteiger partial charge in [-0.05, 0) is 23.8 Å². The molecular weight excluding hydrogens is 309 g/mol. The number of halogens is 2.